The third-order valence-corrected chi connectivity index (χ3v) is 2.77. The van der Waals surface area contributed by atoms with E-state index in [1.165, 1.54) is 12.8 Å². The van der Waals surface area contributed by atoms with Crippen LogP contribution in [0.4, 0.5) is 0 Å². The second-order valence-corrected chi connectivity index (χ2v) is 3.72. The van der Waals surface area contributed by atoms with Crippen LogP contribution in [0, 0.1) is 12.3 Å². The third kappa shape index (κ3) is 1.15. The Morgan fingerprint density at radius 3 is 2.36 bits per heavy atom. The summed E-state index contributed by atoms with van der Waals surface area (Å²) in [4.78, 5) is 0. The zero-order valence-electron chi connectivity index (χ0n) is 6.51. The highest BCUT2D eigenvalue weighted by molar-refractivity contribution is 5.14. The van der Waals surface area contributed by atoms with Gasteiger partial charge in [-0.05, 0) is 12.8 Å². The van der Waals surface area contributed by atoms with E-state index in [4.69, 9.17) is 6.42 Å². The van der Waals surface area contributed by atoms with Gasteiger partial charge in [-0.3, -0.25) is 0 Å². The number of aliphatic hydroxyl groups is 1. The van der Waals surface area contributed by atoms with E-state index < -0.39 is 5.60 Å². The van der Waals surface area contributed by atoms with Gasteiger partial charge >= 0.3 is 0 Å². The van der Waals surface area contributed by atoms with Crippen molar-refractivity contribution in [2.75, 3.05) is 0 Å². The van der Waals surface area contributed by atoms with Gasteiger partial charge in [-0.15, -0.1) is 6.42 Å². The van der Waals surface area contributed by atoms with Gasteiger partial charge in [-0.25, -0.2) is 0 Å². The van der Waals surface area contributed by atoms with Crippen LogP contribution in [-0.4, -0.2) is 22.8 Å². The Hall–Kier alpha value is -0.520. The molecular formula is C9H13NO. The van der Waals surface area contributed by atoms with Crippen molar-refractivity contribution in [1.29, 1.82) is 0 Å². The Labute approximate surface area is 67.0 Å². The highest BCUT2D eigenvalue weighted by Crippen LogP contribution is 2.33. The molecule has 0 amide bonds. The first kappa shape index (κ1) is 7.15. The van der Waals surface area contributed by atoms with Crippen LogP contribution in [0.5, 0.6) is 0 Å². The van der Waals surface area contributed by atoms with Crippen molar-refractivity contribution in [3.8, 4) is 12.3 Å². The van der Waals surface area contributed by atoms with Crippen LogP contribution in [-0.2, 0) is 0 Å². The van der Waals surface area contributed by atoms with Gasteiger partial charge in [0.15, 0.2) is 0 Å². The molecule has 0 radical (unpaired) electrons. The summed E-state index contributed by atoms with van der Waals surface area (Å²) in [5.41, 5.74) is -0.808. The van der Waals surface area contributed by atoms with E-state index >= 15 is 0 Å². The summed E-state index contributed by atoms with van der Waals surface area (Å²) in [6.45, 7) is 0. The van der Waals surface area contributed by atoms with Crippen molar-refractivity contribution in [2.45, 2.75) is 43.4 Å². The quantitative estimate of drug-likeness (QED) is 0.487. The smallest absolute Gasteiger partial charge is 0.128 e. The molecule has 0 aromatic heterocycles. The maximum atomic E-state index is 9.78. The summed E-state index contributed by atoms with van der Waals surface area (Å²) in [5.74, 6) is 2.50. The highest BCUT2D eigenvalue weighted by atomic mass is 16.3. The summed E-state index contributed by atoms with van der Waals surface area (Å²) >= 11 is 0. The van der Waals surface area contributed by atoms with Gasteiger partial charge in [0.25, 0.3) is 0 Å². The van der Waals surface area contributed by atoms with Crippen molar-refractivity contribution < 1.29 is 5.11 Å². The van der Waals surface area contributed by atoms with Crippen molar-refractivity contribution in [1.82, 2.24) is 5.32 Å². The SMILES string of the molecule is C#CC1(O)CC2CCC(C1)N2. The molecule has 2 aliphatic heterocycles. The predicted octanol–water partition coefficient (Wildman–Crippen LogP) is 0.265. The van der Waals surface area contributed by atoms with E-state index in [1.54, 1.807) is 0 Å². The Balaban J connectivity index is 2.15. The first-order valence-corrected chi connectivity index (χ1v) is 4.18. The lowest BCUT2D eigenvalue weighted by Crippen LogP contribution is -2.47. The number of nitrogens with one attached hydrogen (secondary N) is 1. The van der Waals surface area contributed by atoms with E-state index in [2.05, 4.69) is 11.2 Å². The summed E-state index contributed by atoms with van der Waals surface area (Å²) in [6.07, 6.45) is 9.08. The summed E-state index contributed by atoms with van der Waals surface area (Å²) in [7, 11) is 0. The van der Waals surface area contributed by atoms with Crippen LogP contribution in [0.3, 0.4) is 0 Å². The number of fused-ring (bicyclic) bond motifs is 2. The Bertz CT molecular complexity index is 194. The van der Waals surface area contributed by atoms with Gasteiger partial charge < -0.3 is 10.4 Å². The molecule has 11 heavy (non-hydrogen) atoms. The third-order valence-electron chi connectivity index (χ3n) is 2.77. The van der Waals surface area contributed by atoms with Gasteiger partial charge in [-0.1, -0.05) is 5.92 Å². The van der Waals surface area contributed by atoms with Gasteiger partial charge in [0.05, 0.1) is 0 Å². The summed E-state index contributed by atoms with van der Waals surface area (Å²) in [6, 6.07) is 0.935. The predicted molar refractivity (Wildman–Crippen MR) is 43.0 cm³/mol. The van der Waals surface area contributed by atoms with Crippen molar-refractivity contribution in [2.24, 2.45) is 0 Å². The Morgan fingerprint density at radius 2 is 1.91 bits per heavy atom. The fraction of sp³-hybridized carbons (Fsp3) is 0.778. The maximum absolute atomic E-state index is 9.78. The van der Waals surface area contributed by atoms with Crippen LogP contribution in [0.2, 0.25) is 0 Å². The number of terminal acetylenes is 1. The van der Waals surface area contributed by atoms with E-state index in [0.717, 1.165) is 12.8 Å². The molecule has 2 atom stereocenters. The second kappa shape index (κ2) is 2.23. The molecule has 0 aromatic rings. The molecule has 2 nitrogen and oxygen atoms in total. The molecule has 2 heterocycles. The van der Waals surface area contributed by atoms with Crippen molar-refractivity contribution in [3.63, 3.8) is 0 Å². The molecule has 2 bridgehead atoms. The normalized spacial score (nSPS) is 48.7. The monoisotopic (exact) mass is 151 g/mol. The fourth-order valence-corrected chi connectivity index (χ4v) is 2.24. The lowest BCUT2D eigenvalue weighted by molar-refractivity contribution is 0.0482. The van der Waals surface area contributed by atoms with Crippen LogP contribution < -0.4 is 5.32 Å². The summed E-state index contributed by atoms with van der Waals surface area (Å²) in [5, 5.41) is 13.2. The minimum atomic E-state index is -0.808. The molecule has 60 valence electrons. The van der Waals surface area contributed by atoms with Crippen LogP contribution in [0.1, 0.15) is 25.7 Å². The van der Waals surface area contributed by atoms with Gasteiger partial charge in [-0.2, -0.15) is 0 Å². The number of hydrogen-bond donors (Lipinski definition) is 2. The fourth-order valence-electron chi connectivity index (χ4n) is 2.24. The van der Waals surface area contributed by atoms with E-state index in [1.807, 2.05) is 0 Å². The largest absolute Gasteiger partial charge is 0.377 e. The highest BCUT2D eigenvalue weighted by Gasteiger charge is 2.41. The standard InChI is InChI=1S/C9H13NO/c1-2-9(11)5-7-3-4-8(6-9)10-7/h1,7-8,10-11H,3-6H2. The first-order valence-electron chi connectivity index (χ1n) is 4.18. The zero-order chi connectivity index (χ0) is 7.90. The Morgan fingerprint density at radius 1 is 1.36 bits per heavy atom. The molecule has 0 saturated carbocycles. The molecule has 0 spiro atoms. The molecule has 2 saturated heterocycles. The average molecular weight is 151 g/mol. The lowest BCUT2D eigenvalue weighted by atomic mass is 9.88. The molecule has 2 N–H and O–H groups in total. The van der Waals surface area contributed by atoms with Crippen molar-refractivity contribution in [3.05, 3.63) is 0 Å². The number of rotatable bonds is 0. The van der Waals surface area contributed by atoms with Crippen LogP contribution in [0.15, 0.2) is 0 Å². The minimum Gasteiger partial charge on any atom is -0.377 e. The minimum absolute atomic E-state index is 0.467. The van der Waals surface area contributed by atoms with Crippen LogP contribution in [0.25, 0.3) is 0 Å². The zero-order valence-corrected chi connectivity index (χ0v) is 6.51. The summed E-state index contributed by atoms with van der Waals surface area (Å²) < 4.78 is 0. The molecule has 2 fully saturated rings. The molecule has 0 aliphatic carbocycles. The van der Waals surface area contributed by atoms with Gasteiger partial charge in [0, 0.05) is 24.9 Å². The lowest BCUT2D eigenvalue weighted by Gasteiger charge is -2.32. The molecule has 2 heteroatoms. The maximum Gasteiger partial charge on any atom is 0.128 e. The van der Waals surface area contributed by atoms with Gasteiger partial charge in [0.2, 0.25) is 0 Å². The average Bonchev–Trinajstić information content (AvgIpc) is 2.31. The van der Waals surface area contributed by atoms with Gasteiger partial charge in [0.1, 0.15) is 5.60 Å². The molecule has 2 aliphatic rings. The van der Waals surface area contributed by atoms with E-state index in [-0.39, 0.29) is 0 Å². The topological polar surface area (TPSA) is 32.3 Å². The second-order valence-electron chi connectivity index (χ2n) is 3.72. The molecule has 2 rings (SSSR count). The number of hydrogen-bond acceptors (Lipinski definition) is 2. The molecular weight excluding hydrogens is 138 g/mol. The molecule has 2 unspecified atom stereocenters. The van der Waals surface area contributed by atoms with Crippen molar-refractivity contribution >= 4 is 0 Å². The van der Waals surface area contributed by atoms with E-state index in [9.17, 15) is 5.11 Å². The van der Waals surface area contributed by atoms with Crippen LogP contribution >= 0.6 is 0 Å². The molecule has 0 aromatic carbocycles. The van der Waals surface area contributed by atoms with E-state index in [0.29, 0.717) is 12.1 Å². The Kier molecular flexibility index (Phi) is 1.45. The first-order chi connectivity index (χ1) is 5.22. The number of piperidine rings is 1.